The van der Waals surface area contributed by atoms with Gasteiger partial charge in [-0.3, -0.25) is 0 Å². The normalized spacial score (nSPS) is 14.5. The number of carbonyl (C=O) groups excluding carboxylic acids is 1. The van der Waals surface area contributed by atoms with E-state index >= 15 is 0 Å². The zero-order valence-electron chi connectivity index (χ0n) is 8.68. The fourth-order valence-electron chi connectivity index (χ4n) is 1.20. The third-order valence-electron chi connectivity index (χ3n) is 2.32. The third-order valence-corrected chi connectivity index (χ3v) is 2.32. The first-order valence-corrected chi connectivity index (χ1v) is 4.45. The highest BCUT2D eigenvalue weighted by atomic mass is 16.5. The van der Waals surface area contributed by atoms with Crippen molar-refractivity contribution in [2.75, 3.05) is 0 Å². The van der Waals surface area contributed by atoms with Gasteiger partial charge in [-0.2, -0.15) is 0 Å². The molecule has 0 aromatic carbocycles. The lowest BCUT2D eigenvalue weighted by molar-refractivity contribution is 0.0268. The van der Waals surface area contributed by atoms with E-state index in [1.54, 1.807) is 0 Å². The molecule has 1 atom stereocenters. The molecule has 2 nitrogen and oxygen atoms in total. The van der Waals surface area contributed by atoms with Gasteiger partial charge in [0.1, 0.15) is 5.60 Å². The van der Waals surface area contributed by atoms with Crippen LogP contribution in [0.15, 0.2) is 0 Å². The minimum atomic E-state index is -0.383. The van der Waals surface area contributed by atoms with Crippen molar-refractivity contribution in [3.05, 3.63) is 0 Å². The van der Waals surface area contributed by atoms with Gasteiger partial charge in [-0.25, -0.2) is 4.79 Å². The van der Waals surface area contributed by atoms with Crippen LogP contribution >= 0.6 is 0 Å². The van der Waals surface area contributed by atoms with Crippen LogP contribution in [0.4, 0.5) is 0 Å². The van der Waals surface area contributed by atoms with E-state index in [0.29, 0.717) is 11.8 Å². The van der Waals surface area contributed by atoms with Crippen molar-refractivity contribution in [3.8, 4) is 0 Å². The Morgan fingerprint density at radius 3 is 2.17 bits per heavy atom. The minimum Gasteiger partial charge on any atom is -0.451 e. The van der Waals surface area contributed by atoms with Crippen molar-refractivity contribution >= 4 is 6.47 Å². The van der Waals surface area contributed by atoms with E-state index in [9.17, 15) is 4.79 Å². The van der Waals surface area contributed by atoms with Crippen LogP contribution in [0.1, 0.15) is 41.0 Å². The van der Waals surface area contributed by atoms with Gasteiger partial charge in [0.25, 0.3) is 0 Å². The van der Waals surface area contributed by atoms with Crippen LogP contribution in [0.3, 0.4) is 0 Å². The predicted molar refractivity (Wildman–Crippen MR) is 49.5 cm³/mol. The summed E-state index contributed by atoms with van der Waals surface area (Å²) in [6.45, 7) is 11.8. The fraction of sp³-hybridized carbons (Fsp3) is 0.900. The smallest absolute Gasteiger partial charge is 0.418 e. The molecule has 0 fully saturated rings. The van der Waals surface area contributed by atoms with Crippen LogP contribution in [0, 0.1) is 11.8 Å². The molecule has 0 N–H and O–H groups in total. The van der Waals surface area contributed by atoms with Crippen LogP contribution in [0.25, 0.3) is 0 Å². The van der Waals surface area contributed by atoms with E-state index in [0.717, 1.165) is 6.42 Å². The van der Waals surface area contributed by atoms with E-state index < -0.39 is 0 Å². The van der Waals surface area contributed by atoms with Gasteiger partial charge in [-0.05, 0) is 32.1 Å². The standard InChI is InChI=1S/C10H19O2/c1-8(2)6-9(3)10(4,5)12-7-11/h8-9H,6H2,1-5H3. The van der Waals surface area contributed by atoms with Crippen molar-refractivity contribution in [3.63, 3.8) is 0 Å². The Kier molecular flexibility index (Phi) is 4.29. The van der Waals surface area contributed by atoms with Crippen LogP contribution in [0.2, 0.25) is 0 Å². The average Bonchev–Trinajstić information content (AvgIpc) is 1.85. The molecule has 0 saturated carbocycles. The van der Waals surface area contributed by atoms with Crippen LogP contribution < -0.4 is 0 Å². The lowest BCUT2D eigenvalue weighted by atomic mass is 9.86. The summed E-state index contributed by atoms with van der Waals surface area (Å²) >= 11 is 0. The van der Waals surface area contributed by atoms with Crippen molar-refractivity contribution < 1.29 is 9.53 Å². The highest BCUT2D eigenvalue weighted by molar-refractivity contribution is 5.39. The van der Waals surface area contributed by atoms with E-state index in [1.807, 2.05) is 13.8 Å². The summed E-state index contributed by atoms with van der Waals surface area (Å²) in [4.78, 5) is 10.1. The highest BCUT2D eigenvalue weighted by Gasteiger charge is 2.27. The van der Waals surface area contributed by atoms with E-state index in [4.69, 9.17) is 4.74 Å². The molecule has 0 aliphatic heterocycles. The number of hydrogen-bond acceptors (Lipinski definition) is 2. The molecule has 0 heterocycles. The molecule has 0 bridgehead atoms. The predicted octanol–water partition coefficient (Wildman–Crippen LogP) is 2.53. The minimum absolute atomic E-state index is 0.374. The SMILES string of the molecule is CC(C)CC(C)C(C)(C)O[C]=O. The lowest BCUT2D eigenvalue weighted by Crippen LogP contribution is -2.33. The Labute approximate surface area is 75.3 Å². The van der Waals surface area contributed by atoms with Gasteiger partial charge >= 0.3 is 6.47 Å². The molecule has 0 aromatic rings. The van der Waals surface area contributed by atoms with Crippen LogP contribution in [-0.2, 0) is 9.53 Å². The molecule has 0 aliphatic carbocycles. The van der Waals surface area contributed by atoms with Crippen LogP contribution in [0.5, 0.6) is 0 Å². The molecule has 0 rings (SSSR count). The second kappa shape index (κ2) is 4.48. The molecule has 0 spiro atoms. The van der Waals surface area contributed by atoms with Crippen molar-refractivity contribution in [2.45, 2.75) is 46.6 Å². The number of ether oxygens (including phenoxy) is 1. The molecule has 0 saturated heterocycles. The molecule has 1 radical (unpaired) electrons. The molecule has 0 amide bonds. The van der Waals surface area contributed by atoms with Gasteiger partial charge in [0.2, 0.25) is 0 Å². The Balaban J connectivity index is 4.04. The molecule has 12 heavy (non-hydrogen) atoms. The van der Waals surface area contributed by atoms with Gasteiger partial charge in [-0.1, -0.05) is 20.8 Å². The Bertz CT molecular complexity index is 139. The van der Waals surface area contributed by atoms with Crippen molar-refractivity contribution in [1.29, 1.82) is 0 Å². The molecule has 2 heteroatoms. The second-order valence-electron chi connectivity index (χ2n) is 4.32. The van der Waals surface area contributed by atoms with Gasteiger partial charge in [0.05, 0.1) is 0 Å². The largest absolute Gasteiger partial charge is 0.451 e. The maximum absolute atomic E-state index is 10.1. The first-order valence-electron chi connectivity index (χ1n) is 4.45. The highest BCUT2D eigenvalue weighted by Crippen LogP contribution is 2.26. The van der Waals surface area contributed by atoms with Gasteiger partial charge in [0.15, 0.2) is 0 Å². The van der Waals surface area contributed by atoms with Gasteiger partial charge in [-0.15, -0.1) is 0 Å². The summed E-state index contributed by atoms with van der Waals surface area (Å²) in [6, 6.07) is 0. The first kappa shape index (κ1) is 11.5. The Morgan fingerprint density at radius 2 is 1.83 bits per heavy atom. The molecule has 1 unspecified atom stereocenters. The molecule has 0 aromatic heterocycles. The quantitative estimate of drug-likeness (QED) is 0.635. The second-order valence-corrected chi connectivity index (χ2v) is 4.32. The number of hydrogen-bond donors (Lipinski definition) is 0. The van der Waals surface area contributed by atoms with E-state index in [1.165, 1.54) is 6.47 Å². The van der Waals surface area contributed by atoms with E-state index in [-0.39, 0.29) is 5.60 Å². The third kappa shape index (κ3) is 3.74. The summed E-state index contributed by atoms with van der Waals surface area (Å²) in [7, 11) is 0. The van der Waals surface area contributed by atoms with Crippen molar-refractivity contribution in [1.82, 2.24) is 0 Å². The maximum atomic E-state index is 10.1. The Morgan fingerprint density at radius 1 is 1.33 bits per heavy atom. The zero-order chi connectivity index (χ0) is 9.78. The molecular formula is C10H19O2. The molecule has 0 aliphatic rings. The summed E-state index contributed by atoms with van der Waals surface area (Å²) in [6.07, 6.45) is 1.06. The summed E-state index contributed by atoms with van der Waals surface area (Å²) in [5.74, 6) is 1.01. The molecular weight excluding hydrogens is 152 g/mol. The monoisotopic (exact) mass is 171 g/mol. The van der Waals surface area contributed by atoms with Gasteiger partial charge in [0, 0.05) is 0 Å². The Hall–Kier alpha value is -0.530. The molecule has 71 valence electrons. The van der Waals surface area contributed by atoms with E-state index in [2.05, 4.69) is 20.8 Å². The van der Waals surface area contributed by atoms with Crippen LogP contribution in [-0.4, -0.2) is 12.1 Å². The van der Waals surface area contributed by atoms with Crippen molar-refractivity contribution in [2.24, 2.45) is 11.8 Å². The summed E-state index contributed by atoms with van der Waals surface area (Å²) in [5, 5.41) is 0. The summed E-state index contributed by atoms with van der Waals surface area (Å²) < 4.78 is 4.89. The number of rotatable bonds is 5. The fourth-order valence-corrected chi connectivity index (χ4v) is 1.20. The first-order chi connectivity index (χ1) is 5.40. The zero-order valence-corrected chi connectivity index (χ0v) is 8.68. The average molecular weight is 171 g/mol. The summed E-state index contributed by atoms with van der Waals surface area (Å²) in [5.41, 5.74) is -0.383. The maximum Gasteiger partial charge on any atom is 0.418 e. The topological polar surface area (TPSA) is 26.3 Å². The van der Waals surface area contributed by atoms with Gasteiger partial charge < -0.3 is 4.74 Å². The lowest BCUT2D eigenvalue weighted by Gasteiger charge is -2.30.